The van der Waals surface area contributed by atoms with Crippen molar-refractivity contribution in [2.75, 3.05) is 6.61 Å². The van der Waals surface area contributed by atoms with Gasteiger partial charge >= 0.3 is 6.03 Å². The zero-order chi connectivity index (χ0) is 21.9. The van der Waals surface area contributed by atoms with E-state index in [1.54, 1.807) is 18.2 Å². The van der Waals surface area contributed by atoms with Crippen LogP contribution in [0.2, 0.25) is 0 Å². The fourth-order valence-electron chi connectivity index (χ4n) is 3.01. The molecule has 2 aromatic carbocycles. The van der Waals surface area contributed by atoms with Crippen LogP contribution < -0.4 is 15.5 Å². The van der Waals surface area contributed by atoms with Crippen molar-refractivity contribution in [2.24, 2.45) is 0 Å². The molecule has 1 heterocycles. The predicted octanol–water partition coefficient (Wildman–Crippen LogP) is 2.03. The van der Waals surface area contributed by atoms with Crippen LogP contribution in [0.25, 0.3) is 0 Å². The summed E-state index contributed by atoms with van der Waals surface area (Å²) in [7, 11) is 0. The van der Waals surface area contributed by atoms with Crippen molar-refractivity contribution in [3.8, 4) is 5.75 Å². The second-order valence-electron chi connectivity index (χ2n) is 6.82. The number of nitro benzene ring substituents is 1. The van der Waals surface area contributed by atoms with Crippen LogP contribution in [-0.4, -0.2) is 34.4 Å². The number of imide groups is 1. The van der Waals surface area contributed by atoms with Crippen LogP contribution in [0, 0.1) is 10.1 Å². The first-order chi connectivity index (χ1) is 14.2. The number of nitrogens with zero attached hydrogens (tertiary/aromatic N) is 2. The van der Waals surface area contributed by atoms with Crippen LogP contribution in [-0.2, 0) is 21.5 Å². The summed E-state index contributed by atoms with van der Waals surface area (Å²) in [5, 5.41) is 13.9. The Labute approximate surface area is 171 Å². The Bertz CT molecular complexity index is 1010. The number of carbonyl (C=O) groups is 3. The highest BCUT2D eigenvalue weighted by molar-refractivity contribution is 6.08. The molecule has 1 aliphatic heterocycles. The Hall–Kier alpha value is -3.95. The van der Waals surface area contributed by atoms with Crippen molar-refractivity contribution in [3.63, 3.8) is 0 Å². The minimum absolute atomic E-state index is 0.145. The van der Waals surface area contributed by atoms with E-state index in [1.807, 2.05) is 13.0 Å². The largest absolute Gasteiger partial charge is 0.484 e. The van der Waals surface area contributed by atoms with Crippen molar-refractivity contribution in [1.29, 1.82) is 0 Å². The zero-order valence-corrected chi connectivity index (χ0v) is 16.4. The van der Waals surface area contributed by atoms with E-state index in [9.17, 15) is 24.5 Å². The lowest BCUT2D eigenvalue weighted by molar-refractivity contribution is -0.384. The minimum Gasteiger partial charge on any atom is -0.484 e. The molecule has 0 aliphatic carbocycles. The molecule has 2 aromatic rings. The van der Waals surface area contributed by atoms with Gasteiger partial charge in [-0.15, -0.1) is 0 Å². The molecule has 156 valence electrons. The number of nitrogens with one attached hydrogen (secondary N) is 2. The fraction of sp³-hybridized carbons (Fsp3) is 0.250. The molecule has 1 atom stereocenters. The van der Waals surface area contributed by atoms with Gasteiger partial charge in [-0.2, -0.15) is 5.01 Å². The van der Waals surface area contributed by atoms with Gasteiger partial charge in [-0.25, -0.2) is 4.79 Å². The number of non-ortho nitro benzene ring substituents is 1. The average molecular weight is 412 g/mol. The molecule has 4 amide bonds. The van der Waals surface area contributed by atoms with Crippen molar-refractivity contribution < 1.29 is 24.0 Å². The van der Waals surface area contributed by atoms with E-state index in [4.69, 9.17) is 4.74 Å². The summed E-state index contributed by atoms with van der Waals surface area (Å²) >= 11 is 0. The maximum atomic E-state index is 12.8. The third kappa shape index (κ3) is 4.07. The quantitative estimate of drug-likeness (QED) is 0.406. The van der Waals surface area contributed by atoms with E-state index in [0.717, 1.165) is 12.0 Å². The third-order valence-corrected chi connectivity index (χ3v) is 4.76. The zero-order valence-electron chi connectivity index (χ0n) is 16.4. The van der Waals surface area contributed by atoms with Crippen molar-refractivity contribution in [3.05, 3.63) is 69.8 Å². The minimum atomic E-state index is -1.48. The van der Waals surface area contributed by atoms with Crippen LogP contribution >= 0.6 is 0 Å². The highest BCUT2D eigenvalue weighted by Gasteiger charge is 2.50. The highest BCUT2D eigenvalue weighted by Crippen LogP contribution is 2.29. The van der Waals surface area contributed by atoms with Gasteiger partial charge in [0.25, 0.3) is 17.5 Å². The summed E-state index contributed by atoms with van der Waals surface area (Å²) in [5.41, 5.74) is 2.00. The molecular formula is C20H20N4O6. The molecule has 0 radical (unpaired) electrons. The SMILES string of the molecule is CCc1cccc(OCC(=O)NN2C(=O)N[C@@](C)(c3ccc([N+](=O)[O-])cc3)C2=O)c1. The number of nitro groups is 1. The number of hydrogen-bond acceptors (Lipinski definition) is 6. The molecule has 3 rings (SSSR count). The van der Waals surface area contributed by atoms with Crippen LogP contribution in [0.15, 0.2) is 48.5 Å². The number of amides is 4. The van der Waals surface area contributed by atoms with E-state index in [2.05, 4.69) is 10.7 Å². The number of rotatable bonds is 7. The summed E-state index contributed by atoms with van der Waals surface area (Å²) < 4.78 is 5.42. The van der Waals surface area contributed by atoms with Gasteiger partial charge in [-0.1, -0.05) is 19.1 Å². The van der Waals surface area contributed by atoms with E-state index in [1.165, 1.54) is 31.2 Å². The maximum absolute atomic E-state index is 12.8. The topological polar surface area (TPSA) is 131 Å². The van der Waals surface area contributed by atoms with E-state index in [-0.39, 0.29) is 5.69 Å². The lowest BCUT2D eigenvalue weighted by Gasteiger charge is -2.22. The Morgan fingerprint density at radius 3 is 2.57 bits per heavy atom. The Balaban J connectivity index is 1.66. The molecule has 30 heavy (non-hydrogen) atoms. The molecule has 0 unspecified atom stereocenters. The molecule has 10 nitrogen and oxygen atoms in total. The third-order valence-electron chi connectivity index (χ3n) is 4.76. The lowest BCUT2D eigenvalue weighted by atomic mass is 9.92. The molecule has 10 heteroatoms. The monoisotopic (exact) mass is 412 g/mol. The Morgan fingerprint density at radius 1 is 1.23 bits per heavy atom. The number of ether oxygens (including phenoxy) is 1. The van der Waals surface area contributed by atoms with Gasteiger partial charge in [0, 0.05) is 12.1 Å². The standard InChI is InChI=1S/C20H20N4O6/c1-3-13-5-4-6-16(11-13)30-12-17(25)22-23-18(26)20(2,21-19(23)27)14-7-9-15(10-8-14)24(28)29/h4-11H,3,12H2,1-2H3,(H,21,27)(H,22,25)/t20-/m0/s1. The van der Waals surface area contributed by atoms with Crippen molar-refractivity contribution in [1.82, 2.24) is 15.8 Å². The van der Waals surface area contributed by atoms with Gasteiger partial charge < -0.3 is 10.1 Å². The van der Waals surface area contributed by atoms with E-state index < -0.39 is 34.9 Å². The smallest absolute Gasteiger partial charge is 0.344 e. The van der Waals surface area contributed by atoms with Gasteiger partial charge in [0.1, 0.15) is 11.3 Å². The molecular weight excluding hydrogens is 392 g/mol. The second kappa shape index (κ2) is 8.19. The first-order valence-electron chi connectivity index (χ1n) is 9.17. The molecule has 0 aromatic heterocycles. The average Bonchev–Trinajstić information content (AvgIpc) is 2.96. The summed E-state index contributed by atoms with van der Waals surface area (Å²) in [4.78, 5) is 47.5. The normalized spacial score (nSPS) is 18.1. The molecule has 0 spiro atoms. The number of benzene rings is 2. The molecule has 0 bridgehead atoms. The van der Waals surface area contributed by atoms with Crippen molar-refractivity contribution in [2.45, 2.75) is 25.8 Å². The summed E-state index contributed by atoms with van der Waals surface area (Å²) in [6.07, 6.45) is 0.813. The summed E-state index contributed by atoms with van der Waals surface area (Å²) in [6, 6.07) is 11.6. The summed E-state index contributed by atoms with van der Waals surface area (Å²) in [6.45, 7) is 3.05. The number of hydrogen-bond donors (Lipinski definition) is 2. The number of urea groups is 1. The highest BCUT2D eigenvalue weighted by atomic mass is 16.6. The van der Waals surface area contributed by atoms with Crippen LogP contribution in [0.4, 0.5) is 10.5 Å². The summed E-state index contributed by atoms with van der Waals surface area (Å²) in [5.74, 6) is -0.909. The molecule has 1 fully saturated rings. The number of hydrazine groups is 1. The first-order valence-corrected chi connectivity index (χ1v) is 9.17. The molecule has 1 saturated heterocycles. The van der Waals surface area contributed by atoms with E-state index >= 15 is 0 Å². The van der Waals surface area contributed by atoms with Gasteiger partial charge in [0.2, 0.25) is 0 Å². The molecule has 0 saturated carbocycles. The number of carbonyl (C=O) groups excluding carboxylic acids is 3. The predicted molar refractivity (Wildman–Crippen MR) is 105 cm³/mol. The lowest BCUT2D eigenvalue weighted by Crippen LogP contribution is -2.49. The van der Waals surface area contributed by atoms with Gasteiger partial charge in [-0.05, 0) is 48.7 Å². The van der Waals surface area contributed by atoms with Crippen molar-refractivity contribution >= 4 is 23.5 Å². The fourth-order valence-corrected chi connectivity index (χ4v) is 3.01. The van der Waals surface area contributed by atoms with Gasteiger partial charge in [0.15, 0.2) is 6.61 Å². The van der Waals surface area contributed by atoms with Gasteiger partial charge in [-0.3, -0.25) is 25.1 Å². The molecule has 1 aliphatic rings. The first kappa shape index (κ1) is 20.8. The second-order valence-corrected chi connectivity index (χ2v) is 6.82. The Kier molecular flexibility index (Phi) is 5.67. The van der Waals surface area contributed by atoms with Gasteiger partial charge in [0.05, 0.1) is 4.92 Å². The maximum Gasteiger partial charge on any atom is 0.344 e. The van der Waals surface area contributed by atoms with E-state index in [0.29, 0.717) is 16.3 Å². The van der Waals surface area contributed by atoms with Crippen LogP contribution in [0.5, 0.6) is 5.75 Å². The Morgan fingerprint density at radius 2 is 1.93 bits per heavy atom. The van der Waals surface area contributed by atoms with Crippen LogP contribution in [0.1, 0.15) is 25.0 Å². The molecule has 2 N–H and O–H groups in total. The number of aryl methyl sites for hydroxylation is 1. The van der Waals surface area contributed by atoms with Crippen LogP contribution in [0.3, 0.4) is 0 Å².